The summed E-state index contributed by atoms with van der Waals surface area (Å²) in [6.07, 6.45) is 3.51. The summed E-state index contributed by atoms with van der Waals surface area (Å²) in [6.45, 7) is 2.12. The molecule has 0 saturated carbocycles. The molecule has 21 heavy (non-hydrogen) atoms. The summed E-state index contributed by atoms with van der Waals surface area (Å²) in [5.41, 5.74) is 8.21. The third kappa shape index (κ3) is 3.00. The van der Waals surface area contributed by atoms with Crippen LogP contribution in [0.3, 0.4) is 0 Å². The van der Waals surface area contributed by atoms with E-state index < -0.39 is 0 Å². The minimum atomic E-state index is -0.00541. The topological polar surface area (TPSA) is 59.5 Å². The van der Waals surface area contributed by atoms with Crippen molar-refractivity contribution in [1.29, 1.82) is 0 Å². The molecular formula is C17H20N2O2. The Kier molecular flexibility index (Phi) is 4.06. The summed E-state index contributed by atoms with van der Waals surface area (Å²) >= 11 is 0. The van der Waals surface area contributed by atoms with Gasteiger partial charge in [-0.25, -0.2) is 0 Å². The molecule has 1 aromatic heterocycles. The molecular weight excluding hydrogens is 264 g/mol. The molecule has 0 unspecified atom stereocenters. The van der Waals surface area contributed by atoms with Crippen molar-refractivity contribution in [3.8, 4) is 0 Å². The van der Waals surface area contributed by atoms with Crippen LogP contribution in [0.4, 0.5) is 0 Å². The van der Waals surface area contributed by atoms with Gasteiger partial charge in [-0.2, -0.15) is 0 Å². The average Bonchev–Trinajstić information content (AvgIpc) is 3.09. The highest BCUT2D eigenvalue weighted by Crippen LogP contribution is 2.29. The maximum Gasteiger partial charge on any atom is 0.289 e. The lowest BCUT2D eigenvalue weighted by Crippen LogP contribution is -2.37. The average molecular weight is 284 g/mol. The summed E-state index contributed by atoms with van der Waals surface area (Å²) in [7, 11) is 0. The summed E-state index contributed by atoms with van der Waals surface area (Å²) in [5, 5.41) is 0. The molecule has 2 N–H and O–H groups in total. The van der Waals surface area contributed by atoms with Gasteiger partial charge >= 0.3 is 0 Å². The van der Waals surface area contributed by atoms with E-state index in [1.165, 1.54) is 17.4 Å². The molecule has 0 radical (unpaired) electrons. The molecule has 1 saturated heterocycles. The van der Waals surface area contributed by atoms with Gasteiger partial charge in [0.05, 0.1) is 6.26 Å². The lowest BCUT2D eigenvalue weighted by molar-refractivity contribution is 0.0681. The normalized spacial score (nSPS) is 16.1. The zero-order valence-corrected chi connectivity index (χ0v) is 12.0. The fourth-order valence-electron chi connectivity index (χ4n) is 2.95. The number of carbonyl (C=O) groups excluding carboxylic acids is 1. The summed E-state index contributed by atoms with van der Waals surface area (Å²) in [4.78, 5) is 14.1. The Hall–Kier alpha value is -2.07. The first-order chi connectivity index (χ1) is 10.3. The van der Waals surface area contributed by atoms with Crippen LogP contribution in [0.25, 0.3) is 0 Å². The molecule has 0 bridgehead atoms. The molecule has 4 nitrogen and oxygen atoms in total. The highest BCUT2D eigenvalue weighted by molar-refractivity contribution is 5.91. The van der Waals surface area contributed by atoms with E-state index in [-0.39, 0.29) is 5.91 Å². The molecule has 4 heteroatoms. The van der Waals surface area contributed by atoms with Gasteiger partial charge in [-0.05, 0) is 42.0 Å². The van der Waals surface area contributed by atoms with E-state index >= 15 is 0 Å². The molecule has 2 aromatic rings. The zero-order valence-electron chi connectivity index (χ0n) is 12.0. The van der Waals surface area contributed by atoms with Gasteiger partial charge in [0.15, 0.2) is 5.76 Å². The van der Waals surface area contributed by atoms with E-state index in [9.17, 15) is 4.79 Å². The second kappa shape index (κ2) is 6.14. The lowest BCUT2D eigenvalue weighted by Gasteiger charge is -2.31. The van der Waals surface area contributed by atoms with Crippen molar-refractivity contribution in [3.63, 3.8) is 0 Å². The predicted molar refractivity (Wildman–Crippen MR) is 80.9 cm³/mol. The molecule has 3 rings (SSSR count). The number of benzene rings is 1. The van der Waals surface area contributed by atoms with Gasteiger partial charge in [-0.1, -0.05) is 24.3 Å². The van der Waals surface area contributed by atoms with Crippen LogP contribution >= 0.6 is 0 Å². The molecule has 110 valence electrons. The van der Waals surface area contributed by atoms with E-state index in [1.54, 1.807) is 12.1 Å². The van der Waals surface area contributed by atoms with E-state index in [2.05, 4.69) is 24.3 Å². The van der Waals surface area contributed by atoms with E-state index in [4.69, 9.17) is 10.2 Å². The summed E-state index contributed by atoms with van der Waals surface area (Å²) in [5.74, 6) is 0.935. The minimum absolute atomic E-state index is 0.00541. The number of piperidine rings is 1. The van der Waals surface area contributed by atoms with Crippen LogP contribution in [-0.2, 0) is 6.54 Å². The van der Waals surface area contributed by atoms with Crippen molar-refractivity contribution in [2.75, 3.05) is 13.1 Å². The Balaban J connectivity index is 1.63. The molecule has 0 atom stereocenters. The smallest absolute Gasteiger partial charge is 0.289 e. The van der Waals surface area contributed by atoms with Crippen LogP contribution in [0.5, 0.6) is 0 Å². The number of nitrogens with zero attached hydrogens (tertiary/aromatic N) is 1. The fraction of sp³-hybridized carbons (Fsp3) is 0.353. The molecule has 2 heterocycles. The van der Waals surface area contributed by atoms with Crippen molar-refractivity contribution in [2.45, 2.75) is 25.3 Å². The van der Waals surface area contributed by atoms with Gasteiger partial charge in [0, 0.05) is 19.6 Å². The quantitative estimate of drug-likeness (QED) is 0.942. The van der Waals surface area contributed by atoms with Gasteiger partial charge in [0.25, 0.3) is 5.91 Å². The summed E-state index contributed by atoms with van der Waals surface area (Å²) < 4.78 is 5.19. The summed E-state index contributed by atoms with van der Waals surface area (Å²) in [6, 6.07) is 11.9. The lowest BCUT2D eigenvalue weighted by atomic mass is 9.88. The minimum Gasteiger partial charge on any atom is -0.459 e. The standard InChI is InChI=1S/C17H20N2O2/c18-12-13-3-1-4-15(11-13)14-6-8-19(9-7-14)17(20)16-5-2-10-21-16/h1-5,10-11,14H,6-9,12,18H2. The number of furan rings is 1. The Labute approximate surface area is 124 Å². The van der Waals surface area contributed by atoms with Crippen molar-refractivity contribution >= 4 is 5.91 Å². The van der Waals surface area contributed by atoms with Crippen LogP contribution in [0.1, 0.15) is 40.4 Å². The third-order valence-corrected chi connectivity index (χ3v) is 4.17. The molecule has 0 aliphatic carbocycles. The maximum atomic E-state index is 12.2. The second-order valence-corrected chi connectivity index (χ2v) is 5.49. The first-order valence-corrected chi connectivity index (χ1v) is 7.39. The fourth-order valence-corrected chi connectivity index (χ4v) is 2.95. The maximum absolute atomic E-state index is 12.2. The van der Waals surface area contributed by atoms with Crippen molar-refractivity contribution < 1.29 is 9.21 Å². The van der Waals surface area contributed by atoms with Gasteiger partial charge in [0.2, 0.25) is 0 Å². The number of hydrogen-bond donors (Lipinski definition) is 1. The number of carbonyl (C=O) groups is 1. The second-order valence-electron chi connectivity index (χ2n) is 5.49. The monoisotopic (exact) mass is 284 g/mol. The number of likely N-dealkylation sites (tertiary alicyclic amines) is 1. The SMILES string of the molecule is NCc1cccc(C2CCN(C(=O)c3ccco3)CC2)c1. The van der Waals surface area contributed by atoms with Crippen LogP contribution in [0.2, 0.25) is 0 Å². The molecule has 1 aliphatic heterocycles. The zero-order chi connectivity index (χ0) is 14.7. The highest BCUT2D eigenvalue weighted by Gasteiger charge is 2.25. The molecule has 1 aromatic carbocycles. The Morgan fingerprint density at radius 3 is 2.71 bits per heavy atom. The van der Waals surface area contributed by atoms with Gasteiger partial charge in [-0.15, -0.1) is 0 Å². The van der Waals surface area contributed by atoms with Crippen LogP contribution < -0.4 is 5.73 Å². The number of amides is 1. The van der Waals surface area contributed by atoms with Crippen LogP contribution in [-0.4, -0.2) is 23.9 Å². The molecule has 1 fully saturated rings. The Morgan fingerprint density at radius 1 is 1.24 bits per heavy atom. The Bertz CT molecular complexity index is 599. The van der Waals surface area contributed by atoms with Crippen molar-refractivity contribution in [1.82, 2.24) is 4.90 Å². The van der Waals surface area contributed by atoms with Crippen LogP contribution in [0.15, 0.2) is 47.1 Å². The van der Waals surface area contributed by atoms with Gasteiger partial charge in [-0.3, -0.25) is 4.79 Å². The highest BCUT2D eigenvalue weighted by atomic mass is 16.3. The van der Waals surface area contributed by atoms with Crippen molar-refractivity contribution in [3.05, 3.63) is 59.5 Å². The van der Waals surface area contributed by atoms with Gasteiger partial charge < -0.3 is 15.1 Å². The van der Waals surface area contributed by atoms with E-state index in [0.29, 0.717) is 18.2 Å². The first-order valence-electron chi connectivity index (χ1n) is 7.39. The molecule has 1 amide bonds. The van der Waals surface area contributed by atoms with Crippen molar-refractivity contribution in [2.24, 2.45) is 5.73 Å². The third-order valence-electron chi connectivity index (χ3n) is 4.17. The molecule has 0 spiro atoms. The van der Waals surface area contributed by atoms with Gasteiger partial charge in [0.1, 0.15) is 0 Å². The number of nitrogens with two attached hydrogens (primary N) is 1. The number of rotatable bonds is 3. The largest absolute Gasteiger partial charge is 0.459 e. The molecule has 1 aliphatic rings. The van der Waals surface area contributed by atoms with Crippen LogP contribution in [0, 0.1) is 0 Å². The van der Waals surface area contributed by atoms with E-state index in [0.717, 1.165) is 25.9 Å². The predicted octanol–water partition coefficient (Wildman–Crippen LogP) is 2.76. The number of hydrogen-bond acceptors (Lipinski definition) is 3. The first kappa shape index (κ1) is 13.9. The Morgan fingerprint density at radius 2 is 2.05 bits per heavy atom. The van der Waals surface area contributed by atoms with E-state index in [1.807, 2.05) is 4.90 Å².